The zero-order chi connectivity index (χ0) is 13.4. The molecule has 104 valence electrons. The van der Waals surface area contributed by atoms with Gasteiger partial charge < -0.3 is 37.3 Å². The fourth-order valence-corrected chi connectivity index (χ4v) is 0.553. The average Bonchev–Trinajstić information content (AvgIpc) is 2.01. The molecule has 0 aromatic heterocycles. The highest BCUT2D eigenvalue weighted by Crippen LogP contribution is 1.89. The van der Waals surface area contributed by atoms with Crippen LogP contribution in [0.2, 0.25) is 0 Å². The van der Waals surface area contributed by atoms with Crippen LogP contribution in [0.4, 0.5) is 0 Å². The predicted octanol–water partition coefficient (Wildman–Crippen LogP) is -4.40. The Bertz CT molecular complexity index is 228. The number of aliphatic hydroxyl groups is 2. The van der Waals surface area contributed by atoms with Crippen molar-refractivity contribution in [1.29, 1.82) is 0 Å². The largest absolute Gasteiger partial charge is 1.00 e. The van der Waals surface area contributed by atoms with Crippen molar-refractivity contribution < 1.29 is 46.9 Å². The predicted molar refractivity (Wildman–Crippen MR) is 55.9 cm³/mol. The zero-order valence-electron chi connectivity index (χ0n) is 10.1. The maximum Gasteiger partial charge on any atom is 0.333 e. The second kappa shape index (κ2) is 10.3. The standard InChI is InChI=1S/C5H14NO.C4H6O5.ClH/c1-6(2,3)4-5-7;5-2(4(8)9)1-3(6)7;/h7H,4-5H2,1-3H3;2,5H,1H2,(H,6,7)(H,8,9);1H/q+1;;/p-1. The number of carboxylic acid groups (broad SMARTS) is 2. The number of hydrogen-bond acceptors (Lipinski definition) is 4. The van der Waals surface area contributed by atoms with Crippen LogP contribution in [0.1, 0.15) is 6.42 Å². The molecule has 0 aromatic carbocycles. The third-order valence-electron chi connectivity index (χ3n) is 1.42. The molecule has 0 spiro atoms. The Kier molecular flexibility index (Phi) is 12.9. The number of carboxylic acids is 2. The topological polar surface area (TPSA) is 115 Å². The number of carbonyl (C=O) groups is 2. The number of likely N-dealkylation sites (N-methyl/N-ethyl adjacent to an activating group) is 1. The van der Waals surface area contributed by atoms with Crippen molar-refractivity contribution in [1.82, 2.24) is 0 Å². The first kappa shape index (κ1) is 21.4. The van der Waals surface area contributed by atoms with E-state index in [-0.39, 0.29) is 19.0 Å². The normalized spacial score (nSPS) is 11.6. The van der Waals surface area contributed by atoms with E-state index in [1.807, 2.05) is 0 Å². The van der Waals surface area contributed by atoms with E-state index >= 15 is 0 Å². The van der Waals surface area contributed by atoms with Gasteiger partial charge in [0.2, 0.25) is 0 Å². The van der Waals surface area contributed by atoms with Crippen LogP contribution < -0.4 is 12.4 Å². The first-order valence-electron chi connectivity index (χ1n) is 4.64. The Labute approximate surface area is 106 Å². The summed E-state index contributed by atoms with van der Waals surface area (Å²) in [5, 5.41) is 32.5. The first-order valence-corrected chi connectivity index (χ1v) is 4.64. The lowest BCUT2D eigenvalue weighted by Crippen LogP contribution is -3.00. The molecule has 0 saturated carbocycles. The van der Waals surface area contributed by atoms with Crippen LogP contribution in [0.5, 0.6) is 0 Å². The molecule has 1 atom stereocenters. The van der Waals surface area contributed by atoms with E-state index in [4.69, 9.17) is 20.4 Å². The Morgan fingerprint density at radius 2 is 1.59 bits per heavy atom. The number of hydrogen-bond donors (Lipinski definition) is 4. The third-order valence-corrected chi connectivity index (χ3v) is 1.42. The van der Waals surface area contributed by atoms with Crippen LogP contribution in [-0.2, 0) is 9.59 Å². The second-order valence-electron chi connectivity index (χ2n) is 4.19. The van der Waals surface area contributed by atoms with Gasteiger partial charge in [0, 0.05) is 0 Å². The quantitative estimate of drug-likeness (QED) is 0.376. The Balaban J connectivity index is -0.000000224. The minimum atomic E-state index is -1.79. The maximum absolute atomic E-state index is 9.72. The number of halogens is 1. The summed E-state index contributed by atoms with van der Waals surface area (Å²) in [5.41, 5.74) is 0. The van der Waals surface area contributed by atoms with Crippen LogP contribution in [0.15, 0.2) is 0 Å². The summed E-state index contributed by atoms with van der Waals surface area (Å²) in [6.45, 7) is 1.11. The van der Waals surface area contributed by atoms with Gasteiger partial charge in [0.15, 0.2) is 6.10 Å². The van der Waals surface area contributed by atoms with Gasteiger partial charge in [0.25, 0.3) is 0 Å². The highest BCUT2D eigenvalue weighted by atomic mass is 35.5. The molecule has 0 aliphatic carbocycles. The lowest BCUT2D eigenvalue weighted by molar-refractivity contribution is -0.870. The second-order valence-corrected chi connectivity index (χ2v) is 4.19. The van der Waals surface area contributed by atoms with Crippen molar-refractivity contribution >= 4 is 11.9 Å². The Morgan fingerprint density at radius 3 is 1.65 bits per heavy atom. The van der Waals surface area contributed by atoms with Gasteiger partial charge in [0.1, 0.15) is 6.54 Å². The molecule has 4 N–H and O–H groups in total. The number of aliphatic hydroxyl groups excluding tert-OH is 2. The van der Waals surface area contributed by atoms with Crippen molar-refractivity contribution in [2.24, 2.45) is 0 Å². The van der Waals surface area contributed by atoms with E-state index in [0.29, 0.717) is 0 Å². The molecule has 0 fully saturated rings. The van der Waals surface area contributed by atoms with Crippen LogP contribution >= 0.6 is 0 Å². The molecule has 0 aliphatic rings. The third kappa shape index (κ3) is 21.0. The smallest absolute Gasteiger partial charge is 0.333 e. The molecular weight excluding hydrogens is 254 g/mol. The minimum absolute atomic E-state index is 0. The minimum Gasteiger partial charge on any atom is -1.00 e. The fourth-order valence-electron chi connectivity index (χ4n) is 0.553. The van der Waals surface area contributed by atoms with Crippen LogP contribution in [-0.4, -0.2) is 77.2 Å². The molecule has 7 nitrogen and oxygen atoms in total. The number of nitrogens with zero attached hydrogens (tertiary/aromatic N) is 1. The zero-order valence-corrected chi connectivity index (χ0v) is 10.9. The molecule has 0 amide bonds. The Morgan fingerprint density at radius 1 is 1.18 bits per heavy atom. The van der Waals surface area contributed by atoms with E-state index in [0.717, 1.165) is 11.0 Å². The molecule has 0 saturated heterocycles. The van der Waals surface area contributed by atoms with Crippen molar-refractivity contribution in [3.63, 3.8) is 0 Å². The monoisotopic (exact) mass is 273 g/mol. The summed E-state index contributed by atoms with van der Waals surface area (Å²) in [6, 6.07) is 0. The van der Waals surface area contributed by atoms with Gasteiger partial charge in [-0.25, -0.2) is 4.79 Å². The fraction of sp³-hybridized carbons (Fsp3) is 0.778. The average molecular weight is 274 g/mol. The molecule has 8 heteroatoms. The van der Waals surface area contributed by atoms with E-state index in [9.17, 15) is 9.59 Å². The summed E-state index contributed by atoms with van der Waals surface area (Å²) in [5.74, 6) is -2.85. The summed E-state index contributed by atoms with van der Waals surface area (Å²) in [4.78, 5) is 19.4. The molecule has 0 heterocycles. The van der Waals surface area contributed by atoms with Gasteiger partial charge in [-0.2, -0.15) is 0 Å². The first-order chi connectivity index (χ1) is 7.10. The molecular formula is C9H20ClNO6. The highest BCUT2D eigenvalue weighted by molar-refractivity contribution is 5.79. The van der Waals surface area contributed by atoms with E-state index in [2.05, 4.69) is 21.1 Å². The summed E-state index contributed by atoms with van der Waals surface area (Å²) < 4.78 is 0.844. The van der Waals surface area contributed by atoms with Gasteiger partial charge in [-0.05, 0) is 0 Å². The van der Waals surface area contributed by atoms with Gasteiger partial charge in [-0.15, -0.1) is 0 Å². The van der Waals surface area contributed by atoms with E-state index in [1.54, 1.807) is 0 Å². The van der Waals surface area contributed by atoms with Gasteiger partial charge in [-0.3, -0.25) is 4.79 Å². The van der Waals surface area contributed by atoms with Crippen LogP contribution in [0.3, 0.4) is 0 Å². The number of aliphatic carboxylic acids is 2. The molecule has 17 heavy (non-hydrogen) atoms. The molecule has 1 unspecified atom stereocenters. The molecule has 0 bridgehead atoms. The lowest BCUT2D eigenvalue weighted by atomic mass is 10.3. The number of quaternary nitrogens is 1. The molecule has 0 radical (unpaired) electrons. The highest BCUT2D eigenvalue weighted by Gasteiger charge is 2.16. The molecule has 0 rings (SSSR count). The summed E-state index contributed by atoms with van der Waals surface area (Å²) in [7, 11) is 6.16. The van der Waals surface area contributed by atoms with Crippen LogP contribution in [0.25, 0.3) is 0 Å². The van der Waals surface area contributed by atoms with Gasteiger partial charge in [0.05, 0.1) is 34.2 Å². The number of rotatable bonds is 5. The van der Waals surface area contributed by atoms with Crippen molar-refractivity contribution in [3.05, 3.63) is 0 Å². The summed E-state index contributed by atoms with van der Waals surface area (Å²) in [6.07, 6.45) is -2.54. The van der Waals surface area contributed by atoms with E-state index < -0.39 is 24.5 Å². The molecule has 0 aromatic rings. The molecule has 0 aliphatic heterocycles. The van der Waals surface area contributed by atoms with E-state index in [1.165, 1.54) is 0 Å². The lowest BCUT2D eigenvalue weighted by Gasteiger charge is -2.21. The van der Waals surface area contributed by atoms with Crippen LogP contribution in [0, 0.1) is 0 Å². The van der Waals surface area contributed by atoms with Crippen molar-refractivity contribution in [3.8, 4) is 0 Å². The SMILES string of the molecule is C[N+](C)(C)CCO.O=C(O)CC(O)C(=O)O.[Cl-]. The van der Waals surface area contributed by atoms with Gasteiger partial charge >= 0.3 is 11.9 Å². The maximum atomic E-state index is 9.72. The van der Waals surface area contributed by atoms with Crippen molar-refractivity contribution in [2.75, 3.05) is 34.3 Å². The summed E-state index contributed by atoms with van der Waals surface area (Å²) >= 11 is 0. The Hall–Kier alpha value is -0.890. The van der Waals surface area contributed by atoms with Crippen molar-refractivity contribution in [2.45, 2.75) is 12.5 Å². The van der Waals surface area contributed by atoms with Gasteiger partial charge in [-0.1, -0.05) is 0 Å².